The van der Waals surface area contributed by atoms with Crippen molar-refractivity contribution in [2.45, 2.75) is 69.6 Å². The molecule has 1 aromatic rings. The highest BCUT2D eigenvalue weighted by Crippen LogP contribution is 2.43. The number of aromatic nitrogens is 2. The minimum absolute atomic E-state index is 0.283. The Kier molecular flexibility index (Phi) is 3.58. The summed E-state index contributed by atoms with van der Waals surface area (Å²) in [4.78, 5) is 4.65. The van der Waals surface area contributed by atoms with Crippen molar-refractivity contribution in [3.63, 3.8) is 0 Å². The Hall–Kier alpha value is -0.940. The van der Waals surface area contributed by atoms with Crippen LogP contribution in [0.1, 0.15) is 63.1 Å². The van der Waals surface area contributed by atoms with E-state index in [9.17, 15) is 0 Å². The van der Waals surface area contributed by atoms with Crippen molar-refractivity contribution in [2.75, 3.05) is 7.05 Å². The highest BCUT2D eigenvalue weighted by atomic mass is 16.5. The SMILES string of the molecule is CCC(c1nc(C2CC3CCC2O3)no1)C(C)NC. The Bertz CT molecular complexity index is 418. The molecule has 2 saturated heterocycles. The van der Waals surface area contributed by atoms with Crippen LogP contribution in [0.15, 0.2) is 4.52 Å². The molecule has 3 rings (SSSR count). The van der Waals surface area contributed by atoms with E-state index in [2.05, 4.69) is 29.3 Å². The van der Waals surface area contributed by atoms with Gasteiger partial charge in [0.25, 0.3) is 0 Å². The molecule has 1 aromatic heterocycles. The van der Waals surface area contributed by atoms with Crippen LogP contribution in [0.3, 0.4) is 0 Å². The van der Waals surface area contributed by atoms with Gasteiger partial charge in [-0.1, -0.05) is 12.1 Å². The van der Waals surface area contributed by atoms with Gasteiger partial charge in [0.15, 0.2) is 5.82 Å². The standard InChI is InChI=1S/C14H23N3O2/c1-4-10(8(2)15-3)14-16-13(17-19-14)11-7-9-5-6-12(11)18-9/h8-12,15H,4-7H2,1-3H3. The Morgan fingerprint density at radius 1 is 1.42 bits per heavy atom. The van der Waals surface area contributed by atoms with Gasteiger partial charge < -0.3 is 14.6 Å². The summed E-state index contributed by atoms with van der Waals surface area (Å²) < 4.78 is 11.4. The molecule has 1 N–H and O–H groups in total. The first-order valence-electron chi connectivity index (χ1n) is 7.39. The molecule has 2 bridgehead atoms. The predicted octanol–water partition coefficient (Wildman–Crippen LogP) is 2.21. The molecule has 19 heavy (non-hydrogen) atoms. The number of hydrogen-bond donors (Lipinski definition) is 1. The van der Waals surface area contributed by atoms with Gasteiger partial charge in [-0.05, 0) is 39.7 Å². The fraction of sp³-hybridized carbons (Fsp3) is 0.857. The zero-order valence-electron chi connectivity index (χ0n) is 11.9. The van der Waals surface area contributed by atoms with Crippen molar-refractivity contribution < 1.29 is 9.26 Å². The summed E-state index contributed by atoms with van der Waals surface area (Å²) in [6.45, 7) is 4.31. The number of fused-ring (bicyclic) bond motifs is 2. The zero-order valence-corrected chi connectivity index (χ0v) is 11.9. The van der Waals surface area contributed by atoms with Crippen molar-refractivity contribution in [1.82, 2.24) is 15.5 Å². The summed E-state index contributed by atoms with van der Waals surface area (Å²) in [6.07, 6.45) is 5.13. The lowest BCUT2D eigenvalue weighted by molar-refractivity contribution is 0.0996. The summed E-state index contributed by atoms with van der Waals surface area (Å²) >= 11 is 0. The topological polar surface area (TPSA) is 60.2 Å². The van der Waals surface area contributed by atoms with E-state index in [0.717, 1.165) is 31.0 Å². The Balaban J connectivity index is 1.75. The van der Waals surface area contributed by atoms with Crippen molar-refractivity contribution >= 4 is 0 Å². The Morgan fingerprint density at radius 2 is 2.26 bits per heavy atom. The maximum Gasteiger partial charge on any atom is 0.231 e. The highest BCUT2D eigenvalue weighted by Gasteiger charge is 2.44. The molecule has 3 heterocycles. The Morgan fingerprint density at radius 3 is 2.84 bits per heavy atom. The second-order valence-corrected chi connectivity index (χ2v) is 5.80. The highest BCUT2D eigenvalue weighted by molar-refractivity contribution is 5.08. The van der Waals surface area contributed by atoms with Crippen LogP contribution in [-0.2, 0) is 4.74 Å². The molecule has 5 atom stereocenters. The van der Waals surface area contributed by atoms with Gasteiger partial charge in [0.2, 0.25) is 5.89 Å². The van der Waals surface area contributed by atoms with Crippen LogP contribution in [0, 0.1) is 0 Å². The molecule has 5 heteroatoms. The van der Waals surface area contributed by atoms with Crippen LogP contribution in [0.25, 0.3) is 0 Å². The minimum atomic E-state index is 0.283. The second-order valence-electron chi connectivity index (χ2n) is 5.80. The van der Waals surface area contributed by atoms with Gasteiger partial charge in [-0.25, -0.2) is 0 Å². The van der Waals surface area contributed by atoms with Crippen molar-refractivity contribution in [1.29, 1.82) is 0 Å². The lowest BCUT2D eigenvalue weighted by Gasteiger charge is -2.18. The second kappa shape index (κ2) is 5.21. The van der Waals surface area contributed by atoms with Crippen molar-refractivity contribution in [3.05, 3.63) is 11.7 Å². The summed E-state index contributed by atoms with van der Waals surface area (Å²) in [6, 6.07) is 0.342. The molecule has 2 aliphatic heterocycles. The van der Waals surface area contributed by atoms with Gasteiger partial charge in [0, 0.05) is 6.04 Å². The van der Waals surface area contributed by atoms with Gasteiger partial charge >= 0.3 is 0 Å². The summed E-state index contributed by atoms with van der Waals surface area (Å²) in [5.41, 5.74) is 0. The van der Waals surface area contributed by atoms with Gasteiger partial charge in [-0.15, -0.1) is 0 Å². The quantitative estimate of drug-likeness (QED) is 0.884. The van der Waals surface area contributed by atoms with Crippen LogP contribution in [0.2, 0.25) is 0 Å². The first-order valence-corrected chi connectivity index (χ1v) is 7.39. The molecule has 0 aliphatic carbocycles. The number of nitrogens with one attached hydrogen (secondary N) is 1. The van der Waals surface area contributed by atoms with Crippen molar-refractivity contribution in [3.8, 4) is 0 Å². The summed E-state index contributed by atoms with van der Waals surface area (Å²) in [5.74, 6) is 2.25. The summed E-state index contributed by atoms with van der Waals surface area (Å²) in [5, 5.41) is 7.48. The largest absolute Gasteiger partial charge is 0.374 e. The Labute approximate surface area is 114 Å². The average molecular weight is 265 g/mol. The third-order valence-corrected chi connectivity index (χ3v) is 4.71. The molecule has 0 spiro atoms. The van der Waals surface area contributed by atoms with Gasteiger partial charge in [-0.3, -0.25) is 0 Å². The number of rotatable bonds is 5. The first-order chi connectivity index (χ1) is 9.22. The molecule has 2 fully saturated rings. The number of hydrogen-bond acceptors (Lipinski definition) is 5. The first kappa shape index (κ1) is 13.1. The predicted molar refractivity (Wildman–Crippen MR) is 71.1 cm³/mol. The van der Waals surface area contributed by atoms with E-state index < -0.39 is 0 Å². The third-order valence-electron chi connectivity index (χ3n) is 4.71. The smallest absolute Gasteiger partial charge is 0.231 e. The van der Waals surface area contributed by atoms with E-state index in [1.54, 1.807) is 0 Å². The third kappa shape index (κ3) is 2.30. The molecule has 0 aromatic carbocycles. The number of ether oxygens (including phenoxy) is 1. The number of nitrogens with zero attached hydrogens (tertiary/aromatic N) is 2. The molecule has 0 saturated carbocycles. The number of likely N-dealkylation sites (N-methyl/N-ethyl adjacent to an activating group) is 1. The molecule has 2 aliphatic rings. The van der Waals surface area contributed by atoms with Gasteiger partial charge in [0.05, 0.1) is 24.0 Å². The fourth-order valence-corrected chi connectivity index (χ4v) is 3.40. The van der Waals surface area contributed by atoms with E-state index in [1.165, 1.54) is 6.42 Å². The normalized spacial score (nSPS) is 32.7. The molecule has 106 valence electrons. The van der Waals surface area contributed by atoms with Crippen molar-refractivity contribution in [2.24, 2.45) is 0 Å². The van der Waals surface area contributed by atoms with E-state index >= 15 is 0 Å². The van der Waals surface area contributed by atoms with Gasteiger partial charge in [0.1, 0.15) is 0 Å². The molecular weight excluding hydrogens is 242 g/mol. The molecule has 0 radical (unpaired) electrons. The monoisotopic (exact) mass is 265 g/mol. The van der Waals surface area contributed by atoms with Crippen LogP contribution in [0.4, 0.5) is 0 Å². The maximum absolute atomic E-state index is 5.87. The molecular formula is C14H23N3O2. The molecule has 0 amide bonds. The lowest BCUT2D eigenvalue weighted by Crippen LogP contribution is -2.28. The van der Waals surface area contributed by atoms with Crippen LogP contribution < -0.4 is 5.32 Å². The van der Waals surface area contributed by atoms with Crippen LogP contribution in [0.5, 0.6) is 0 Å². The average Bonchev–Trinajstić information content (AvgIpc) is 3.14. The fourth-order valence-electron chi connectivity index (χ4n) is 3.40. The van der Waals surface area contributed by atoms with E-state index in [4.69, 9.17) is 9.26 Å². The summed E-state index contributed by atoms with van der Waals surface area (Å²) in [7, 11) is 1.97. The van der Waals surface area contributed by atoms with Crippen LogP contribution in [-0.4, -0.2) is 35.4 Å². The van der Waals surface area contributed by atoms with E-state index in [0.29, 0.717) is 24.2 Å². The zero-order chi connectivity index (χ0) is 13.4. The maximum atomic E-state index is 5.87. The lowest BCUT2D eigenvalue weighted by atomic mass is 9.89. The van der Waals surface area contributed by atoms with E-state index in [1.807, 2.05) is 7.05 Å². The molecule has 5 nitrogen and oxygen atoms in total. The van der Waals surface area contributed by atoms with E-state index in [-0.39, 0.29) is 5.92 Å². The minimum Gasteiger partial charge on any atom is -0.374 e. The van der Waals surface area contributed by atoms with Gasteiger partial charge in [-0.2, -0.15) is 4.98 Å². The molecule has 5 unspecified atom stereocenters. The van der Waals surface area contributed by atoms with Crippen LogP contribution >= 0.6 is 0 Å².